The molecule has 0 aliphatic rings. The van der Waals surface area contributed by atoms with Crippen LogP contribution in [0.15, 0.2) is 30.5 Å². The van der Waals surface area contributed by atoms with Gasteiger partial charge in [-0.25, -0.2) is 4.98 Å². The van der Waals surface area contributed by atoms with E-state index in [1.807, 2.05) is 26.1 Å². The van der Waals surface area contributed by atoms with E-state index in [2.05, 4.69) is 33.2 Å². The number of hydrogen-bond donors (Lipinski definition) is 1. The van der Waals surface area contributed by atoms with Crippen molar-refractivity contribution in [1.29, 1.82) is 0 Å². The Labute approximate surface area is 106 Å². The minimum absolute atomic E-state index is 0.781. The molecule has 0 saturated carbocycles. The van der Waals surface area contributed by atoms with Gasteiger partial charge in [0.05, 0.1) is 5.69 Å². The maximum Gasteiger partial charge on any atom is 0.202 e. The first kappa shape index (κ1) is 12.0. The molecule has 0 saturated heterocycles. The van der Waals surface area contributed by atoms with Gasteiger partial charge in [-0.1, -0.05) is 23.7 Å². The second kappa shape index (κ2) is 5.23. The van der Waals surface area contributed by atoms with Crippen molar-refractivity contribution in [3.05, 3.63) is 46.7 Å². The van der Waals surface area contributed by atoms with E-state index >= 15 is 0 Å². The molecule has 0 aliphatic carbocycles. The normalized spacial score (nSPS) is 10.5. The van der Waals surface area contributed by atoms with Gasteiger partial charge in [0.25, 0.3) is 0 Å². The Balaban J connectivity index is 2.04. The number of aromatic nitrogens is 2. The van der Waals surface area contributed by atoms with Crippen molar-refractivity contribution >= 4 is 17.5 Å². The van der Waals surface area contributed by atoms with Crippen LogP contribution in [-0.2, 0) is 13.0 Å². The van der Waals surface area contributed by atoms with Crippen LogP contribution < -0.4 is 5.32 Å². The maximum atomic E-state index is 5.85. The van der Waals surface area contributed by atoms with E-state index in [1.165, 1.54) is 5.56 Å². The number of nitrogens with one attached hydrogen (secondary N) is 1. The standard InChI is InChI=1S/C13H16ClN3/c1-10-9-17(13(15-2)16-10)8-7-11-3-5-12(14)6-4-11/h3-6,9H,7-8H2,1-2H3,(H,15,16). The lowest BCUT2D eigenvalue weighted by atomic mass is 10.1. The maximum absolute atomic E-state index is 5.85. The van der Waals surface area contributed by atoms with Gasteiger partial charge >= 0.3 is 0 Å². The Morgan fingerprint density at radius 2 is 2.00 bits per heavy atom. The van der Waals surface area contributed by atoms with Crippen molar-refractivity contribution < 1.29 is 0 Å². The average Bonchev–Trinajstić information content (AvgIpc) is 2.69. The molecule has 0 amide bonds. The zero-order valence-electron chi connectivity index (χ0n) is 10.1. The summed E-state index contributed by atoms with van der Waals surface area (Å²) in [5.41, 5.74) is 2.31. The highest BCUT2D eigenvalue weighted by Gasteiger charge is 2.03. The van der Waals surface area contributed by atoms with Crippen molar-refractivity contribution in [1.82, 2.24) is 9.55 Å². The van der Waals surface area contributed by atoms with Crippen LogP contribution in [0.5, 0.6) is 0 Å². The second-order valence-electron chi connectivity index (χ2n) is 4.03. The lowest BCUT2D eigenvalue weighted by molar-refractivity contribution is 0.702. The summed E-state index contributed by atoms with van der Waals surface area (Å²) in [6.07, 6.45) is 3.03. The van der Waals surface area contributed by atoms with Gasteiger partial charge in [0.15, 0.2) is 0 Å². The summed E-state index contributed by atoms with van der Waals surface area (Å²) >= 11 is 5.85. The van der Waals surface area contributed by atoms with E-state index in [-0.39, 0.29) is 0 Å². The SMILES string of the molecule is CNc1nc(C)cn1CCc1ccc(Cl)cc1. The molecular formula is C13H16ClN3. The molecule has 1 aromatic heterocycles. The zero-order valence-corrected chi connectivity index (χ0v) is 10.8. The molecule has 0 radical (unpaired) electrons. The van der Waals surface area contributed by atoms with Crippen LogP contribution in [0.2, 0.25) is 5.02 Å². The molecule has 4 heteroatoms. The molecule has 0 aliphatic heterocycles. The number of anilines is 1. The summed E-state index contributed by atoms with van der Waals surface area (Å²) < 4.78 is 2.13. The van der Waals surface area contributed by atoms with E-state index in [1.54, 1.807) is 0 Å². The summed E-state index contributed by atoms with van der Waals surface area (Å²) in [5, 5.41) is 3.87. The van der Waals surface area contributed by atoms with Crippen LogP contribution in [0.3, 0.4) is 0 Å². The van der Waals surface area contributed by atoms with E-state index in [0.29, 0.717) is 0 Å². The molecule has 1 aromatic carbocycles. The Morgan fingerprint density at radius 1 is 1.29 bits per heavy atom. The molecule has 2 rings (SSSR count). The molecule has 0 atom stereocenters. The number of aryl methyl sites for hydroxylation is 3. The molecule has 0 unspecified atom stereocenters. The summed E-state index contributed by atoms with van der Waals surface area (Å²) in [6.45, 7) is 2.91. The molecule has 0 fully saturated rings. The third kappa shape index (κ3) is 3.01. The van der Waals surface area contributed by atoms with Crippen molar-refractivity contribution in [2.45, 2.75) is 19.9 Å². The van der Waals surface area contributed by atoms with Crippen LogP contribution >= 0.6 is 11.6 Å². The predicted octanol–water partition coefficient (Wildman–Crippen LogP) is 3.13. The molecule has 1 heterocycles. The summed E-state index contributed by atoms with van der Waals surface area (Å²) in [7, 11) is 1.89. The largest absolute Gasteiger partial charge is 0.359 e. The van der Waals surface area contributed by atoms with Crippen molar-refractivity contribution in [2.75, 3.05) is 12.4 Å². The first-order chi connectivity index (χ1) is 8.19. The van der Waals surface area contributed by atoms with Crippen LogP contribution in [0, 0.1) is 6.92 Å². The van der Waals surface area contributed by atoms with E-state index < -0.39 is 0 Å². The Hall–Kier alpha value is -1.48. The van der Waals surface area contributed by atoms with Gasteiger partial charge in [0.2, 0.25) is 5.95 Å². The molecule has 2 aromatic rings. The van der Waals surface area contributed by atoms with Crippen molar-refractivity contribution in [3.63, 3.8) is 0 Å². The predicted molar refractivity (Wildman–Crippen MR) is 71.7 cm³/mol. The number of imidazole rings is 1. The molecular weight excluding hydrogens is 234 g/mol. The van der Waals surface area contributed by atoms with Crippen LogP contribution in [0.25, 0.3) is 0 Å². The number of benzene rings is 1. The fourth-order valence-corrected chi connectivity index (χ4v) is 1.94. The van der Waals surface area contributed by atoms with Gasteiger partial charge < -0.3 is 9.88 Å². The van der Waals surface area contributed by atoms with Crippen LogP contribution in [0.1, 0.15) is 11.3 Å². The molecule has 3 nitrogen and oxygen atoms in total. The number of hydrogen-bond acceptors (Lipinski definition) is 2. The minimum Gasteiger partial charge on any atom is -0.359 e. The molecule has 90 valence electrons. The van der Waals surface area contributed by atoms with Gasteiger partial charge in [0, 0.05) is 24.8 Å². The zero-order chi connectivity index (χ0) is 12.3. The number of rotatable bonds is 4. The topological polar surface area (TPSA) is 29.9 Å². The molecule has 0 bridgehead atoms. The molecule has 1 N–H and O–H groups in total. The van der Waals surface area contributed by atoms with Gasteiger partial charge in [-0.2, -0.15) is 0 Å². The highest BCUT2D eigenvalue weighted by Crippen LogP contribution is 2.12. The lowest BCUT2D eigenvalue weighted by Crippen LogP contribution is -2.05. The Morgan fingerprint density at radius 3 is 2.65 bits per heavy atom. The smallest absolute Gasteiger partial charge is 0.202 e. The third-order valence-electron chi connectivity index (χ3n) is 2.68. The molecule has 17 heavy (non-hydrogen) atoms. The second-order valence-corrected chi connectivity index (χ2v) is 4.46. The summed E-state index contributed by atoms with van der Waals surface area (Å²) in [4.78, 5) is 4.39. The Kier molecular flexibility index (Phi) is 3.69. The number of halogens is 1. The first-order valence-corrected chi connectivity index (χ1v) is 6.03. The van der Waals surface area contributed by atoms with Crippen molar-refractivity contribution in [3.8, 4) is 0 Å². The third-order valence-corrected chi connectivity index (χ3v) is 2.93. The molecule has 0 spiro atoms. The Bertz CT molecular complexity index is 488. The summed E-state index contributed by atoms with van der Waals surface area (Å²) in [6, 6.07) is 7.97. The highest BCUT2D eigenvalue weighted by molar-refractivity contribution is 6.30. The fourth-order valence-electron chi connectivity index (χ4n) is 1.82. The minimum atomic E-state index is 0.781. The monoisotopic (exact) mass is 249 g/mol. The first-order valence-electron chi connectivity index (χ1n) is 5.65. The average molecular weight is 250 g/mol. The van der Waals surface area contributed by atoms with Crippen LogP contribution in [0.4, 0.5) is 5.95 Å². The van der Waals surface area contributed by atoms with E-state index in [4.69, 9.17) is 11.6 Å². The lowest BCUT2D eigenvalue weighted by Gasteiger charge is -2.06. The van der Waals surface area contributed by atoms with Gasteiger partial charge in [0.1, 0.15) is 0 Å². The van der Waals surface area contributed by atoms with Gasteiger partial charge in [-0.05, 0) is 31.0 Å². The number of nitrogens with zero attached hydrogens (tertiary/aromatic N) is 2. The fraction of sp³-hybridized carbons (Fsp3) is 0.308. The van der Waals surface area contributed by atoms with Crippen molar-refractivity contribution in [2.24, 2.45) is 0 Å². The van der Waals surface area contributed by atoms with E-state index in [0.717, 1.165) is 29.6 Å². The summed E-state index contributed by atoms with van der Waals surface area (Å²) in [5.74, 6) is 0.913. The van der Waals surface area contributed by atoms with Gasteiger partial charge in [-0.3, -0.25) is 0 Å². The van der Waals surface area contributed by atoms with Gasteiger partial charge in [-0.15, -0.1) is 0 Å². The highest BCUT2D eigenvalue weighted by atomic mass is 35.5. The quantitative estimate of drug-likeness (QED) is 0.902. The van der Waals surface area contributed by atoms with Crippen LogP contribution in [-0.4, -0.2) is 16.6 Å². The van der Waals surface area contributed by atoms with E-state index in [9.17, 15) is 0 Å².